The Morgan fingerprint density at radius 2 is 2.37 bits per heavy atom. The van der Waals surface area contributed by atoms with Gasteiger partial charge in [-0.05, 0) is 6.42 Å². The Morgan fingerprint density at radius 3 is 3.05 bits per heavy atom. The normalized spacial score (nSPS) is 18.8. The molecule has 0 saturated carbocycles. The van der Waals surface area contributed by atoms with Crippen LogP contribution in [0.5, 0.6) is 0 Å². The number of hydrogen-bond acceptors (Lipinski definition) is 5. The fourth-order valence-corrected chi connectivity index (χ4v) is 1.92. The van der Waals surface area contributed by atoms with Crippen molar-refractivity contribution in [2.24, 2.45) is 10.7 Å². The number of carbonyl (C=O) groups excluding carboxylic acids is 1. The first kappa shape index (κ1) is 13.2. The van der Waals surface area contributed by atoms with Gasteiger partial charge in [0.2, 0.25) is 0 Å². The van der Waals surface area contributed by atoms with Crippen LogP contribution in [0.15, 0.2) is 23.8 Å². The van der Waals surface area contributed by atoms with Crippen LogP contribution in [-0.2, 0) is 6.54 Å². The number of aliphatic imine (C=N–C) groups is 1. The number of rotatable bonds is 6. The number of aliphatic hydroxyl groups is 1. The van der Waals surface area contributed by atoms with Crippen LogP contribution in [0.4, 0.5) is 4.79 Å². The molecule has 102 valence electrons. The van der Waals surface area contributed by atoms with E-state index in [1.165, 1.54) is 4.90 Å². The van der Waals surface area contributed by atoms with Gasteiger partial charge in [-0.2, -0.15) is 4.99 Å². The summed E-state index contributed by atoms with van der Waals surface area (Å²) in [5.41, 5.74) is 6.33. The number of aliphatic hydroxyl groups excluding tert-OH is 1. The minimum absolute atomic E-state index is 0.0866. The van der Waals surface area contributed by atoms with Gasteiger partial charge in [-0.15, -0.1) is 11.7 Å². The first-order chi connectivity index (χ1) is 9.17. The van der Waals surface area contributed by atoms with Crippen molar-refractivity contribution in [3.05, 3.63) is 24.5 Å². The fraction of sp³-hybridized carbons (Fsp3) is 0.455. The van der Waals surface area contributed by atoms with Gasteiger partial charge in [0, 0.05) is 19.7 Å². The second kappa shape index (κ2) is 5.61. The largest absolute Gasteiger partial charge is 0.396 e. The number of urea groups is 1. The average Bonchev–Trinajstić information content (AvgIpc) is 2.93. The summed E-state index contributed by atoms with van der Waals surface area (Å²) >= 11 is 0. The van der Waals surface area contributed by atoms with Crippen LogP contribution >= 0.6 is 0 Å². The summed E-state index contributed by atoms with van der Waals surface area (Å²) in [6, 6.07) is -0.888. The Hall–Kier alpha value is -2.22. The van der Waals surface area contributed by atoms with Crippen molar-refractivity contribution in [2.75, 3.05) is 13.2 Å². The molecule has 2 amide bonds. The van der Waals surface area contributed by atoms with Gasteiger partial charge in [-0.3, -0.25) is 4.68 Å². The van der Waals surface area contributed by atoms with Crippen LogP contribution < -0.4 is 5.73 Å². The lowest BCUT2D eigenvalue weighted by Crippen LogP contribution is -2.33. The molecule has 0 aromatic carbocycles. The Bertz CT molecular complexity index is 509. The van der Waals surface area contributed by atoms with Gasteiger partial charge in [0.1, 0.15) is 17.6 Å². The summed E-state index contributed by atoms with van der Waals surface area (Å²) in [5, 5.41) is 16.7. The van der Waals surface area contributed by atoms with Crippen molar-refractivity contribution >= 4 is 11.9 Å². The van der Waals surface area contributed by atoms with E-state index < -0.39 is 12.1 Å². The molecule has 2 heterocycles. The summed E-state index contributed by atoms with van der Waals surface area (Å²) in [5.74, 6) is 0.209. The van der Waals surface area contributed by atoms with Crippen molar-refractivity contribution in [2.45, 2.75) is 19.0 Å². The van der Waals surface area contributed by atoms with Crippen molar-refractivity contribution in [3.8, 4) is 0 Å². The van der Waals surface area contributed by atoms with Crippen molar-refractivity contribution in [1.82, 2.24) is 19.9 Å². The van der Waals surface area contributed by atoms with E-state index in [1.54, 1.807) is 17.0 Å². The van der Waals surface area contributed by atoms with E-state index in [1.807, 2.05) is 0 Å². The van der Waals surface area contributed by atoms with Crippen LogP contribution in [0, 0.1) is 0 Å². The molecule has 1 aliphatic heterocycles. The topological polar surface area (TPSA) is 110 Å². The van der Waals surface area contributed by atoms with Crippen LogP contribution in [0.25, 0.3) is 0 Å². The number of aromatic nitrogens is 3. The Morgan fingerprint density at radius 1 is 1.58 bits per heavy atom. The fourth-order valence-electron chi connectivity index (χ4n) is 1.92. The number of nitrogens with zero attached hydrogens (tertiary/aromatic N) is 5. The molecule has 1 aromatic rings. The predicted molar refractivity (Wildman–Crippen MR) is 68.4 cm³/mol. The highest BCUT2D eigenvalue weighted by molar-refractivity contribution is 6.03. The average molecular weight is 264 g/mol. The van der Waals surface area contributed by atoms with E-state index in [9.17, 15) is 4.79 Å². The molecule has 8 heteroatoms. The molecule has 1 aliphatic rings. The van der Waals surface area contributed by atoms with E-state index in [4.69, 9.17) is 10.8 Å². The molecule has 0 spiro atoms. The minimum atomic E-state index is -0.492. The zero-order valence-electron chi connectivity index (χ0n) is 10.4. The van der Waals surface area contributed by atoms with Crippen molar-refractivity contribution < 1.29 is 9.90 Å². The summed E-state index contributed by atoms with van der Waals surface area (Å²) in [4.78, 5) is 16.9. The van der Waals surface area contributed by atoms with Crippen LogP contribution in [0.3, 0.4) is 0 Å². The highest BCUT2D eigenvalue weighted by atomic mass is 16.3. The molecule has 0 fully saturated rings. The lowest BCUT2D eigenvalue weighted by molar-refractivity contribution is 0.212. The highest BCUT2D eigenvalue weighted by Gasteiger charge is 2.35. The van der Waals surface area contributed by atoms with Gasteiger partial charge in [0.25, 0.3) is 0 Å². The lowest BCUT2D eigenvalue weighted by Gasteiger charge is -2.20. The number of aryl methyl sites for hydroxylation is 1. The maximum Gasteiger partial charge on any atom is 0.346 e. The van der Waals surface area contributed by atoms with Gasteiger partial charge in [0.05, 0.1) is 6.20 Å². The molecule has 1 unspecified atom stereocenters. The number of hydrogen-bond donors (Lipinski definition) is 2. The van der Waals surface area contributed by atoms with E-state index in [-0.39, 0.29) is 12.4 Å². The maximum atomic E-state index is 11.7. The van der Waals surface area contributed by atoms with Gasteiger partial charge in [-0.1, -0.05) is 11.3 Å². The standard InChI is InChI=1S/C11H16N6O2/c1-2-4-17-9(10(12)13-11(17)19)8-7-16(15-14-8)5-3-6-18/h2,7,9,18H,1,3-6H2,(H2,12,13,19). The number of amidine groups is 1. The molecular formula is C11H16N6O2. The van der Waals surface area contributed by atoms with Gasteiger partial charge >= 0.3 is 6.03 Å². The van der Waals surface area contributed by atoms with Gasteiger partial charge in [-0.25, -0.2) is 4.79 Å². The number of amides is 2. The van der Waals surface area contributed by atoms with Gasteiger partial charge < -0.3 is 15.7 Å². The second-order valence-corrected chi connectivity index (χ2v) is 4.15. The van der Waals surface area contributed by atoms with Crippen molar-refractivity contribution in [3.63, 3.8) is 0 Å². The van der Waals surface area contributed by atoms with Crippen LogP contribution in [0.1, 0.15) is 18.2 Å². The summed E-state index contributed by atoms with van der Waals surface area (Å²) in [6.07, 6.45) is 3.90. The zero-order chi connectivity index (χ0) is 13.8. The monoisotopic (exact) mass is 264 g/mol. The smallest absolute Gasteiger partial charge is 0.346 e. The van der Waals surface area contributed by atoms with E-state index in [0.29, 0.717) is 25.2 Å². The molecule has 0 saturated heterocycles. The molecule has 19 heavy (non-hydrogen) atoms. The number of carbonyl (C=O) groups is 1. The first-order valence-electron chi connectivity index (χ1n) is 5.93. The Labute approximate surface area is 110 Å². The molecule has 1 aromatic heterocycles. The minimum Gasteiger partial charge on any atom is -0.396 e. The molecule has 3 N–H and O–H groups in total. The van der Waals surface area contributed by atoms with Crippen LogP contribution in [-0.4, -0.2) is 50.0 Å². The third-order valence-corrected chi connectivity index (χ3v) is 2.77. The second-order valence-electron chi connectivity index (χ2n) is 4.15. The first-order valence-corrected chi connectivity index (χ1v) is 5.93. The molecule has 0 aliphatic carbocycles. The SMILES string of the molecule is C=CCN1C(=O)N=C(N)C1c1cn(CCCO)nn1. The van der Waals surface area contributed by atoms with Gasteiger partial charge in [0.15, 0.2) is 0 Å². The van der Waals surface area contributed by atoms with Crippen molar-refractivity contribution in [1.29, 1.82) is 0 Å². The molecule has 0 radical (unpaired) electrons. The molecular weight excluding hydrogens is 248 g/mol. The molecule has 2 rings (SSSR count). The summed E-state index contributed by atoms with van der Waals surface area (Å²) in [7, 11) is 0. The third kappa shape index (κ3) is 2.63. The lowest BCUT2D eigenvalue weighted by atomic mass is 10.2. The molecule has 0 bridgehead atoms. The quantitative estimate of drug-likeness (QED) is 0.684. The Balaban J connectivity index is 2.19. The predicted octanol–water partition coefficient (Wildman–Crippen LogP) is -0.320. The molecule has 8 nitrogen and oxygen atoms in total. The molecule has 1 atom stereocenters. The third-order valence-electron chi connectivity index (χ3n) is 2.77. The zero-order valence-corrected chi connectivity index (χ0v) is 10.4. The number of nitrogens with two attached hydrogens (primary N) is 1. The van der Waals surface area contributed by atoms with E-state index in [2.05, 4.69) is 21.9 Å². The van der Waals surface area contributed by atoms with E-state index >= 15 is 0 Å². The maximum absolute atomic E-state index is 11.7. The van der Waals surface area contributed by atoms with Crippen LogP contribution in [0.2, 0.25) is 0 Å². The Kier molecular flexibility index (Phi) is 3.91. The highest BCUT2D eigenvalue weighted by Crippen LogP contribution is 2.24. The van der Waals surface area contributed by atoms with E-state index in [0.717, 1.165) is 0 Å². The summed E-state index contributed by atoms with van der Waals surface area (Å²) < 4.78 is 1.60. The summed E-state index contributed by atoms with van der Waals surface area (Å²) in [6.45, 7) is 4.59.